The second-order valence-electron chi connectivity index (χ2n) is 4.03. The Balaban J connectivity index is 3.15. The number of halogens is 1. The summed E-state index contributed by atoms with van der Waals surface area (Å²) < 4.78 is 26.7. The number of carbonyl (C=O) groups excluding carboxylic acids is 1. The molecule has 1 rings (SSSR count). The van der Waals surface area contributed by atoms with E-state index in [0.717, 1.165) is 0 Å². The molecule has 1 aromatic carbocycles. The Kier molecular flexibility index (Phi) is 3.95. The summed E-state index contributed by atoms with van der Waals surface area (Å²) in [4.78, 5) is 11.2. The van der Waals surface area contributed by atoms with E-state index in [4.69, 9.17) is 5.73 Å². The van der Waals surface area contributed by atoms with Gasteiger partial charge in [0.05, 0.1) is 4.90 Å². The minimum absolute atomic E-state index is 0.0642. The summed E-state index contributed by atoms with van der Waals surface area (Å²) in [7, 11) is -3.79. The molecule has 0 unspecified atom stereocenters. The van der Waals surface area contributed by atoms with E-state index in [9.17, 15) is 13.2 Å². The third kappa shape index (κ3) is 3.27. The molecule has 1 amide bonds. The Hall–Kier alpha value is -0.920. The van der Waals surface area contributed by atoms with Crippen molar-refractivity contribution in [3.05, 3.63) is 28.7 Å². The van der Waals surface area contributed by atoms with E-state index >= 15 is 0 Å². The number of amides is 1. The number of hydrogen-bond donors (Lipinski definition) is 2. The molecule has 3 N–H and O–H groups in total. The lowest BCUT2D eigenvalue weighted by molar-refractivity contribution is -0.122. The van der Waals surface area contributed by atoms with Crippen LogP contribution in [0.2, 0.25) is 0 Å². The quantitative estimate of drug-likeness (QED) is 0.867. The van der Waals surface area contributed by atoms with E-state index in [2.05, 4.69) is 20.7 Å². The Morgan fingerprint density at radius 1 is 1.35 bits per heavy atom. The first-order valence-corrected chi connectivity index (χ1v) is 7.03. The van der Waals surface area contributed by atoms with Crippen molar-refractivity contribution in [2.24, 2.45) is 5.73 Å². The molecule has 5 nitrogen and oxygen atoms in total. The lowest BCUT2D eigenvalue weighted by Gasteiger charge is -2.22. The molecule has 0 bridgehead atoms. The number of sulfonamides is 1. The fourth-order valence-electron chi connectivity index (χ4n) is 1.10. The normalized spacial score (nSPS) is 12.4. The number of nitrogens with one attached hydrogen (secondary N) is 1. The Morgan fingerprint density at radius 3 is 2.35 bits per heavy atom. The molecule has 0 aliphatic rings. The van der Waals surface area contributed by atoms with Crippen molar-refractivity contribution in [3.63, 3.8) is 0 Å². The number of carbonyl (C=O) groups is 1. The van der Waals surface area contributed by atoms with Crippen molar-refractivity contribution in [2.75, 3.05) is 0 Å². The van der Waals surface area contributed by atoms with E-state index < -0.39 is 21.5 Å². The molecule has 0 radical (unpaired) electrons. The van der Waals surface area contributed by atoms with E-state index in [-0.39, 0.29) is 4.90 Å². The first kappa shape index (κ1) is 14.1. The molecule has 0 saturated carbocycles. The van der Waals surface area contributed by atoms with E-state index in [1.54, 1.807) is 18.2 Å². The molecule has 0 fully saturated rings. The first-order chi connectivity index (χ1) is 7.67. The van der Waals surface area contributed by atoms with Crippen molar-refractivity contribution in [1.82, 2.24) is 4.72 Å². The van der Waals surface area contributed by atoms with Crippen LogP contribution in [-0.4, -0.2) is 19.9 Å². The van der Waals surface area contributed by atoms with E-state index in [1.807, 2.05) is 0 Å². The summed E-state index contributed by atoms with van der Waals surface area (Å²) in [6.07, 6.45) is 0. The zero-order valence-corrected chi connectivity index (χ0v) is 11.8. The van der Waals surface area contributed by atoms with E-state index in [0.29, 0.717) is 4.47 Å². The van der Waals surface area contributed by atoms with Gasteiger partial charge in [0.15, 0.2) is 0 Å². The van der Waals surface area contributed by atoms with Crippen molar-refractivity contribution in [2.45, 2.75) is 24.3 Å². The molecule has 0 atom stereocenters. The van der Waals surface area contributed by atoms with Crippen LogP contribution in [0.1, 0.15) is 13.8 Å². The minimum atomic E-state index is -3.79. The zero-order chi connectivity index (χ0) is 13.3. The predicted octanol–water partition coefficient (Wildman–Crippen LogP) is 0.991. The van der Waals surface area contributed by atoms with Crippen LogP contribution in [-0.2, 0) is 14.8 Å². The number of hydrogen-bond acceptors (Lipinski definition) is 3. The highest BCUT2D eigenvalue weighted by Crippen LogP contribution is 2.22. The van der Waals surface area contributed by atoms with Gasteiger partial charge in [-0.05, 0) is 41.9 Å². The lowest BCUT2D eigenvalue weighted by atomic mass is 10.1. The van der Waals surface area contributed by atoms with Gasteiger partial charge in [-0.1, -0.05) is 12.1 Å². The van der Waals surface area contributed by atoms with Crippen LogP contribution >= 0.6 is 15.9 Å². The monoisotopic (exact) mass is 320 g/mol. The number of nitrogens with two attached hydrogens (primary N) is 1. The van der Waals surface area contributed by atoms with Gasteiger partial charge < -0.3 is 5.73 Å². The summed E-state index contributed by atoms with van der Waals surface area (Å²) in [6, 6.07) is 6.33. The van der Waals surface area contributed by atoms with Crippen molar-refractivity contribution >= 4 is 31.9 Å². The Labute approximate surface area is 109 Å². The topological polar surface area (TPSA) is 89.3 Å². The second-order valence-corrected chi connectivity index (χ2v) is 6.53. The molecular formula is C10H13BrN2O3S. The van der Waals surface area contributed by atoms with Crippen LogP contribution < -0.4 is 10.5 Å². The maximum absolute atomic E-state index is 12.0. The number of primary amides is 1. The molecule has 1 aromatic rings. The highest BCUT2D eigenvalue weighted by Gasteiger charge is 2.31. The third-order valence-electron chi connectivity index (χ3n) is 2.13. The smallest absolute Gasteiger partial charge is 0.242 e. The highest BCUT2D eigenvalue weighted by atomic mass is 79.9. The average molecular weight is 321 g/mol. The van der Waals surface area contributed by atoms with Crippen molar-refractivity contribution in [3.8, 4) is 0 Å². The zero-order valence-electron chi connectivity index (χ0n) is 9.40. The van der Waals surface area contributed by atoms with Crippen LogP contribution in [0.5, 0.6) is 0 Å². The molecule has 0 aliphatic carbocycles. The maximum atomic E-state index is 12.0. The summed E-state index contributed by atoms with van der Waals surface area (Å²) in [6.45, 7) is 2.81. The molecule has 0 heterocycles. The standard InChI is InChI=1S/C10H13BrN2O3S/c1-10(2,9(12)14)13-17(15,16)8-6-4-3-5-7(8)11/h3-6,13H,1-2H3,(H2,12,14). The van der Waals surface area contributed by atoms with Crippen LogP contribution in [0, 0.1) is 0 Å². The molecule has 0 spiro atoms. The molecule has 0 aliphatic heterocycles. The Bertz CT molecular complexity index is 540. The molecule has 7 heteroatoms. The largest absolute Gasteiger partial charge is 0.368 e. The Morgan fingerprint density at radius 2 is 1.88 bits per heavy atom. The minimum Gasteiger partial charge on any atom is -0.368 e. The fourth-order valence-corrected chi connectivity index (χ4v) is 3.49. The summed E-state index contributed by atoms with van der Waals surface area (Å²) >= 11 is 3.14. The third-order valence-corrected chi connectivity index (χ3v) is 4.80. The molecule has 0 aromatic heterocycles. The van der Waals surface area contributed by atoms with Crippen molar-refractivity contribution in [1.29, 1.82) is 0 Å². The van der Waals surface area contributed by atoms with Gasteiger partial charge in [-0.25, -0.2) is 8.42 Å². The van der Waals surface area contributed by atoms with Gasteiger partial charge in [0.25, 0.3) is 0 Å². The maximum Gasteiger partial charge on any atom is 0.242 e. The predicted molar refractivity (Wildman–Crippen MR) is 67.7 cm³/mol. The van der Waals surface area contributed by atoms with Crippen LogP contribution in [0.15, 0.2) is 33.6 Å². The number of benzene rings is 1. The molecule has 0 saturated heterocycles. The van der Waals surface area contributed by atoms with Gasteiger partial charge in [-0.3, -0.25) is 4.79 Å². The summed E-state index contributed by atoms with van der Waals surface area (Å²) in [5, 5.41) is 0. The molecule has 94 valence electrons. The van der Waals surface area contributed by atoms with Gasteiger partial charge in [-0.2, -0.15) is 4.72 Å². The fraction of sp³-hybridized carbons (Fsp3) is 0.300. The molecular weight excluding hydrogens is 308 g/mol. The van der Waals surface area contributed by atoms with Gasteiger partial charge in [0, 0.05) is 4.47 Å². The average Bonchev–Trinajstić information content (AvgIpc) is 2.16. The first-order valence-electron chi connectivity index (χ1n) is 4.75. The molecule has 17 heavy (non-hydrogen) atoms. The van der Waals surface area contributed by atoms with Gasteiger partial charge in [-0.15, -0.1) is 0 Å². The highest BCUT2D eigenvalue weighted by molar-refractivity contribution is 9.10. The van der Waals surface area contributed by atoms with Crippen LogP contribution in [0.4, 0.5) is 0 Å². The van der Waals surface area contributed by atoms with Gasteiger partial charge >= 0.3 is 0 Å². The van der Waals surface area contributed by atoms with Crippen LogP contribution in [0.25, 0.3) is 0 Å². The van der Waals surface area contributed by atoms with Crippen LogP contribution in [0.3, 0.4) is 0 Å². The van der Waals surface area contributed by atoms with E-state index in [1.165, 1.54) is 19.9 Å². The van der Waals surface area contributed by atoms with Crippen molar-refractivity contribution < 1.29 is 13.2 Å². The number of rotatable bonds is 4. The van der Waals surface area contributed by atoms with Gasteiger partial charge in [0.2, 0.25) is 15.9 Å². The summed E-state index contributed by atoms with van der Waals surface area (Å²) in [5.41, 5.74) is 3.78. The summed E-state index contributed by atoms with van der Waals surface area (Å²) in [5.74, 6) is -0.742. The lowest BCUT2D eigenvalue weighted by Crippen LogP contribution is -2.52. The van der Waals surface area contributed by atoms with Gasteiger partial charge in [0.1, 0.15) is 5.54 Å². The second kappa shape index (κ2) is 4.75. The SMILES string of the molecule is CC(C)(NS(=O)(=O)c1ccccc1Br)C(N)=O.